The Hall–Kier alpha value is -9.86. The highest BCUT2D eigenvalue weighted by Crippen LogP contribution is 2.39. The number of halogens is 12. The number of rotatable bonds is 22. The molecule has 14 rings (SSSR count). The zero-order valence-corrected chi connectivity index (χ0v) is 83.3. The minimum Gasteiger partial charge on any atom is -0.744 e. The third kappa shape index (κ3) is 36.0. The number of aliphatic hydroxyl groups is 1. The van der Waals surface area contributed by atoms with E-state index in [4.69, 9.17) is 59.9 Å². The van der Waals surface area contributed by atoms with E-state index >= 15 is 0 Å². The highest BCUT2D eigenvalue weighted by Gasteiger charge is 2.37. The van der Waals surface area contributed by atoms with Gasteiger partial charge in [0.05, 0.1) is 56.1 Å². The molecule has 680 valence electrons. The average molecular weight is 2300 g/mol. The number of carbonyl (C=O) groups is 4. The summed E-state index contributed by atoms with van der Waals surface area (Å²) < 4.78 is 165. The molecule has 0 atom stereocenters. The number of carbonyl (C=O) groups excluding carboxylic acids is 4. The summed E-state index contributed by atoms with van der Waals surface area (Å²) in [6.45, 7) is 13.6. The zero-order chi connectivity index (χ0) is 95.1. The van der Waals surface area contributed by atoms with E-state index in [1.54, 1.807) is 61.7 Å². The van der Waals surface area contributed by atoms with E-state index < -0.39 is 84.8 Å². The fourth-order valence-electron chi connectivity index (χ4n) is 11.3. The van der Waals surface area contributed by atoms with Crippen LogP contribution in [-0.2, 0) is 58.6 Å². The quantitative estimate of drug-likeness (QED) is 0.00633. The maximum Gasteiger partial charge on any atom is 0.485 e. The summed E-state index contributed by atoms with van der Waals surface area (Å²) >= 11 is 10.7. The Morgan fingerprint density at radius 1 is 0.446 bits per heavy atom. The molecule has 1 N–H and O–H groups in total. The molecule has 30 heteroatoms. The number of aliphatic hydroxyl groups excluding tert-OH is 1. The zero-order valence-electron chi connectivity index (χ0n) is 71.5. The molecule has 0 aliphatic heterocycles. The van der Waals surface area contributed by atoms with E-state index in [0.717, 1.165) is 92.2 Å². The fraction of sp³-hybridized carbons (Fsp3) is 0.160. The number of methoxy groups -OCH3 is 3. The van der Waals surface area contributed by atoms with Crippen molar-refractivity contribution in [3.8, 4) is 11.5 Å². The van der Waals surface area contributed by atoms with Crippen LogP contribution in [0, 0.1) is 63.2 Å². The molecule has 0 aliphatic rings. The van der Waals surface area contributed by atoms with Gasteiger partial charge >= 0.3 is 108 Å². The maximum absolute atomic E-state index is 12.4. The minimum absolute atomic E-state index is 0.00313. The number of ether oxygens (including phenoxy) is 5. The van der Waals surface area contributed by atoms with E-state index in [0.29, 0.717) is 29.8 Å². The summed E-state index contributed by atoms with van der Waals surface area (Å²) in [6, 6.07) is 96.8. The lowest BCUT2D eigenvalue weighted by atomic mass is 9.95. The van der Waals surface area contributed by atoms with Gasteiger partial charge in [-0.3, -0.25) is 9.59 Å². The van der Waals surface area contributed by atoms with Crippen molar-refractivity contribution in [1.29, 1.82) is 0 Å². The second kappa shape index (κ2) is 53.6. The summed E-state index contributed by atoms with van der Waals surface area (Å²) in [5.41, 5.74) is 3.48. The van der Waals surface area contributed by atoms with Gasteiger partial charge in [0.2, 0.25) is 0 Å². The number of unbranched alkanes of at least 4 members (excludes halogenated alkanes) is 1. The van der Waals surface area contributed by atoms with Crippen LogP contribution < -0.4 is 94.3 Å². The van der Waals surface area contributed by atoms with Crippen LogP contribution in [0.25, 0.3) is 21.5 Å². The van der Waals surface area contributed by atoms with Crippen molar-refractivity contribution in [3.63, 3.8) is 0 Å². The number of hydrogen-bond acceptors (Lipinski definition) is 16. The van der Waals surface area contributed by atoms with Crippen molar-refractivity contribution >= 4 is 89.2 Å². The lowest BCUT2D eigenvalue weighted by molar-refractivity contribution is -0.597. The SMILES string of the molecule is CCCCOC(=O)c1ccccc1C.COC(=O)c1cccc([I+]c2cccc(COC=O)c2)c1.COc1c2ccccc2c(CO)c2cc(C)ccc12.COc1ccc(C(=O)c2ccccc2)cc1S(=O)(=O)[O-].Cc1ccc([I+]c2ccc(C(F)(F)F)cc2)cc1.Cc1ccc([I+]c2ccc(C)cc2)cc1.Clc1ccc([I+]c2ccc(Cl)cc2)cc1.O=S(=O)([O-])C(F)(F)F. The monoisotopic (exact) mass is 2300 g/mol. The smallest absolute Gasteiger partial charge is 0.485 e. The molecule has 0 saturated carbocycles. The molecule has 0 radical (unpaired) electrons. The van der Waals surface area contributed by atoms with Gasteiger partial charge < -0.3 is 37.9 Å². The molecule has 130 heavy (non-hydrogen) atoms. The van der Waals surface area contributed by atoms with Crippen molar-refractivity contribution in [2.45, 2.75) is 84.2 Å². The normalized spacial score (nSPS) is 10.8. The van der Waals surface area contributed by atoms with Crippen LogP contribution in [0.2, 0.25) is 10.0 Å². The number of aryl methyl sites for hydroxylation is 5. The number of hydrogen-bond donors (Lipinski definition) is 1. The molecule has 16 nitrogen and oxygen atoms in total. The van der Waals surface area contributed by atoms with E-state index in [9.17, 15) is 63.6 Å². The summed E-state index contributed by atoms with van der Waals surface area (Å²) in [4.78, 5) is 44.9. The van der Waals surface area contributed by atoms with Crippen LogP contribution >= 0.6 is 23.2 Å². The van der Waals surface area contributed by atoms with Gasteiger partial charge in [-0.25, -0.2) is 26.4 Å². The number of fused-ring (bicyclic) bond motifs is 2. The Labute approximate surface area is 804 Å². The summed E-state index contributed by atoms with van der Waals surface area (Å²) in [7, 11) is -6.48. The molecule has 0 fully saturated rings. The molecular weight excluding hydrogens is 2210 g/mol. The predicted molar refractivity (Wildman–Crippen MR) is 474 cm³/mol. The van der Waals surface area contributed by atoms with E-state index in [1.165, 1.54) is 70.0 Å². The molecule has 0 saturated heterocycles. The molecule has 0 unspecified atom stereocenters. The first kappa shape index (κ1) is 107. The van der Waals surface area contributed by atoms with Crippen LogP contribution in [0.3, 0.4) is 0 Å². The second-order valence-electron chi connectivity index (χ2n) is 27.7. The number of alkyl halides is 6. The third-order valence-corrected chi connectivity index (χ3v) is 30.4. The molecule has 14 aromatic carbocycles. The van der Waals surface area contributed by atoms with Crippen molar-refractivity contribution < 1.29 is 185 Å². The topological polar surface area (TPSA) is 249 Å². The lowest BCUT2D eigenvalue weighted by Crippen LogP contribution is -3.61. The standard InChI is InChI=1S/C17H16O2.C16H14IO4.C14H11F3I.C14H14I.C14H12O5S.C12H8Cl2I.C12H16O2.CHF3O3S/c1-11-7-8-14-15(9-11)16(10-18)12-5-3-4-6-13(12)17(14)19-2;1-20-16(19)13-5-3-7-15(9-13)17-14-6-2-4-12(8-14)10-21-11-18;1-10-2-6-12(7-3-10)18-13-8-4-11(5-9-13)14(15,16)17;1-11-3-7-13(8-4-11)15-14-9-5-12(2)6-10-14;1-19-12-8-7-11(9-13(12)20(16,17)18)14(15)10-5-3-2-4-6-10;13-9-1-5-11(6-2-9)15-12-7-3-10(14)4-8-12;1-3-4-9-14-12(13)11-8-6-5-7-10(11)2;2-1(3,4)8(5,6)7/h3-9,18H,10H2,1-2H3;2-9,11H,10H2,1H3;2-9H,1H3;3-10H,1-2H3;2-9H,1H3,(H,16,17,18);1-8H;5-8H,3-4,9H2,1-2H3;(H,5,6,7)/q;3*+1;;+1;;/p-2. The van der Waals surface area contributed by atoms with Gasteiger partial charge in [0.25, 0.3) is 6.47 Å². The molecule has 0 amide bonds. The Bertz CT molecular complexity index is 6070. The Kier molecular flexibility index (Phi) is 44.2. The number of benzene rings is 14. The van der Waals surface area contributed by atoms with Crippen LogP contribution in [-0.4, -0.2) is 88.7 Å². The van der Waals surface area contributed by atoms with Gasteiger partial charge in [-0.15, -0.1) is 0 Å². The fourth-order valence-corrected chi connectivity index (χ4v) is 21.2. The maximum atomic E-state index is 12.4. The van der Waals surface area contributed by atoms with E-state index in [-0.39, 0.29) is 84.7 Å². The highest BCUT2D eigenvalue weighted by molar-refractivity contribution is 7.86. The first-order valence-electron chi connectivity index (χ1n) is 39.2. The highest BCUT2D eigenvalue weighted by atomic mass is 127. The van der Waals surface area contributed by atoms with Gasteiger partial charge in [0.15, 0.2) is 44.5 Å². The molecule has 0 aliphatic carbocycles. The first-order chi connectivity index (χ1) is 61.8. The Morgan fingerprint density at radius 2 is 0.885 bits per heavy atom. The van der Waals surface area contributed by atoms with E-state index in [1.807, 2.05) is 147 Å². The second-order valence-corrected chi connectivity index (χ2v) is 43.4. The molecule has 0 spiro atoms. The van der Waals surface area contributed by atoms with Crippen molar-refractivity contribution in [2.24, 2.45) is 0 Å². The van der Waals surface area contributed by atoms with Crippen LogP contribution in [0.5, 0.6) is 11.5 Å². The number of esters is 2. The summed E-state index contributed by atoms with van der Waals surface area (Å²) in [6.07, 6.45) is -2.28. The van der Waals surface area contributed by atoms with Crippen molar-refractivity contribution in [3.05, 3.63) is 415 Å². The number of ketones is 1. The molecule has 0 aromatic heterocycles. The largest absolute Gasteiger partial charge is 0.744 e. The van der Waals surface area contributed by atoms with Gasteiger partial charge in [0.1, 0.15) is 28.2 Å². The van der Waals surface area contributed by atoms with Crippen molar-refractivity contribution in [1.82, 2.24) is 0 Å². The third-order valence-electron chi connectivity index (χ3n) is 17.9. The average Bonchev–Trinajstić information content (AvgIpc) is 0.751. The Morgan fingerprint density at radius 3 is 1.34 bits per heavy atom. The molecule has 0 heterocycles. The van der Waals surface area contributed by atoms with E-state index in [2.05, 4.69) is 119 Å². The van der Waals surface area contributed by atoms with Gasteiger partial charge in [-0.1, -0.05) is 204 Å². The molecule has 14 aromatic rings. The van der Waals surface area contributed by atoms with Gasteiger partial charge in [-0.2, -0.15) is 26.3 Å². The molecular formula is C100H90Cl2F6I4O16S2+2. The van der Waals surface area contributed by atoms with Gasteiger partial charge in [-0.05, 0) is 226 Å². The van der Waals surface area contributed by atoms with Crippen molar-refractivity contribution in [2.75, 3.05) is 27.9 Å². The predicted octanol–water partition coefficient (Wildman–Crippen LogP) is 10.6. The minimum atomic E-state index is -6.09. The van der Waals surface area contributed by atoms with Crippen LogP contribution in [0.1, 0.15) is 101 Å². The molecule has 0 bridgehead atoms. The van der Waals surface area contributed by atoms with Crippen LogP contribution in [0.4, 0.5) is 26.3 Å². The van der Waals surface area contributed by atoms with Gasteiger partial charge in [0, 0.05) is 38.0 Å². The summed E-state index contributed by atoms with van der Waals surface area (Å²) in [5.74, 6) is -0.101. The van der Waals surface area contributed by atoms with Crippen LogP contribution in [0.15, 0.2) is 314 Å². The first-order valence-corrected chi connectivity index (χ1v) is 51.4. The lowest BCUT2D eigenvalue weighted by Gasteiger charge is -2.15. The Balaban J connectivity index is 0.000000205. The summed E-state index contributed by atoms with van der Waals surface area (Å²) in [5, 5.41) is 15.6.